The van der Waals surface area contributed by atoms with E-state index in [9.17, 15) is 13.2 Å². The Morgan fingerprint density at radius 3 is 2.22 bits per heavy atom. The number of sulfonamides is 1. The van der Waals surface area contributed by atoms with Gasteiger partial charge in [-0.1, -0.05) is 36.4 Å². The summed E-state index contributed by atoms with van der Waals surface area (Å²) in [6.07, 6.45) is 0.701. The first-order chi connectivity index (χ1) is 12.9. The molecule has 2 aliphatic rings. The fraction of sp³-hybridized carbons (Fsp3) is 0.350. The first-order valence-electron chi connectivity index (χ1n) is 9.04. The first-order valence-corrected chi connectivity index (χ1v) is 10.5. The number of piperazine rings is 1. The zero-order valence-corrected chi connectivity index (χ0v) is 16.1. The predicted octanol–water partition coefficient (Wildman–Crippen LogP) is 1.80. The molecule has 2 aliphatic heterocycles. The molecule has 2 aromatic carbocycles. The van der Waals surface area contributed by atoms with Crippen molar-refractivity contribution in [3.8, 4) is 0 Å². The number of para-hydroxylation sites is 1. The highest BCUT2D eigenvalue weighted by molar-refractivity contribution is 7.89. The molecule has 0 unspecified atom stereocenters. The van der Waals surface area contributed by atoms with Crippen LogP contribution in [0.5, 0.6) is 0 Å². The number of amides is 1. The molecule has 142 valence electrons. The van der Waals surface area contributed by atoms with E-state index in [0.29, 0.717) is 31.0 Å². The van der Waals surface area contributed by atoms with E-state index in [2.05, 4.69) is 0 Å². The van der Waals surface area contributed by atoms with Gasteiger partial charge in [-0.25, -0.2) is 8.42 Å². The molecular weight excluding hydrogens is 362 g/mol. The predicted molar refractivity (Wildman–Crippen MR) is 104 cm³/mol. The van der Waals surface area contributed by atoms with E-state index in [1.807, 2.05) is 48.3 Å². The second kappa shape index (κ2) is 6.74. The van der Waals surface area contributed by atoms with Gasteiger partial charge < -0.3 is 4.90 Å². The summed E-state index contributed by atoms with van der Waals surface area (Å²) >= 11 is 0. The molecule has 0 aromatic heterocycles. The van der Waals surface area contributed by atoms with Gasteiger partial charge in [0.25, 0.3) is 0 Å². The van der Waals surface area contributed by atoms with Crippen molar-refractivity contribution in [2.45, 2.75) is 16.9 Å². The molecule has 1 atom stereocenters. The molecule has 2 fully saturated rings. The number of anilines is 1. The molecule has 0 saturated carbocycles. The van der Waals surface area contributed by atoms with Crippen LogP contribution in [0.15, 0.2) is 65.6 Å². The summed E-state index contributed by atoms with van der Waals surface area (Å²) in [6, 6.07) is 18.1. The van der Waals surface area contributed by atoms with Crippen LogP contribution in [-0.2, 0) is 14.8 Å². The molecule has 2 saturated heterocycles. The zero-order valence-electron chi connectivity index (χ0n) is 15.3. The molecular formula is C20H23N3O3S. The second-order valence-electron chi connectivity index (χ2n) is 7.30. The van der Waals surface area contributed by atoms with Crippen LogP contribution in [0.2, 0.25) is 0 Å². The minimum atomic E-state index is -3.53. The fourth-order valence-corrected chi connectivity index (χ4v) is 5.55. The summed E-state index contributed by atoms with van der Waals surface area (Å²) in [6.45, 7) is 1.62. The van der Waals surface area contributed by atoms with E-state index in [1.54, 1.807) is 33.5 Å². The van der Waals surface area contributed by atoms with E-state index < -0.39 is 10.0 Å². The lowest BCUT2D eigenvalue weighted by Gasteiger charge is -2.46. The Morgan fingerprint density at radius 2 is 1.56 bits per heavy atom. The Hall–Kier alpha value is -2.22. The van der Waals surface area contributed by atoms with Gasteiger partial charge in [-0.05, 0) is 37.7 Å². The van der Waals surface area contributed by atoms with Crippen LogP contribution in [0.25, 0.3) is 0 Å². The molecule has 0 bridgehead atoms. The van der Waals surface area contributed by atoms with Gasteiger partial charge in [0.1, 0.15) is 0 Å². The maximum Gasteiger partial charge on any atom is 0.243 e. The molecule has 0 N–H and O–H groups in total. The van der Waals surface area contributed by atoms with Crippen LogP contribution >= 0.6 is 0 Å². The molecule has 7 heteroatoms. The minimum Gasteiger partial charge on any atom is -0.309 e. The molecule has 1 spiro atoms. The van der Waals surface area contributed by atoms with Crippen LogP contribution in [-0.4, -0.2) is 62.3 Å². The molecule has 4 rings (SSSR count). The lowest BCUT2D eigenvalue weighted by molar-refractivity contribution is -0.123. The average Bonchev–Trinajstić information content (AvgIpc) is 3.12. The Balaban J connectivity index is 1.61. The Labute approximate surface area is 160 Å². The van der Waals surface area contributed by atoms with Gasteiger partial charge in [0.2, 0.25) is 15.9 Å². The lowest BCUT2D eigenvalue weighted by Crippen LogP contribution is -2.64. The van der Waals surface area contributed by atoms with Crippen molar-refractivity contribution in [2.24, 2.45) is 0 Å². The van der Waals surface area contributed by atoms with Gasteiger partial charge in [-0.15, -0.1) is 0 Å². The van der Waals surface area contributed by atoms with Crippen LogP contribution in [0.3, 0.4) is 0 Å². The summed E-state index contributed by atoms with van der Waals surface area (Å²) in [4.78, 5) is 16.7. The van der Waals surface area contributed by atoms with Crippen molar-refractivity contribution in [2.75, 3.05) is 38.1 Å². The summed E-state index contributed by atoms with van der Waals surface area (Å²) < 4.78 is 27.6. The monoisotopic (exact) mass is 385 g/mol. The largest absolute Gasteiger partial charge is 0.309 e. The average molecular weight is 385 g/mol. The summed E-state index contributed by atoms with van der Waals surface area (Å²) in [5, 5.41) is 0. The fourth-order valence-electron chi connectivity index (χ4n) is 4.01. The molecule has 2 heterocycles. The van der Waals surface area contributed by atoms with Crippen LogP contribution in [0.1, 0.15) is 6.42 Å². The highest BCUT2D eigenvalue weighted by Crippen LogP contribution is 2.35. The number of carbonyl (C=O) groups excluding carboxylic acids is 1. The van der Waals surface area contributed by atoms with Crippen LogP contribution in [0.4, 0.5) is 5.69 Å². The van der Waals surface area contributed by atoms with Crippen molar-refractivity contribution < 1.29 is 13.2 Å². The molecule has 27 heavy (non-hydrogen) atoms. The van der Waals surface area contributed by atoms with Crippen molar-refractivity contribution in [1.29, 1.82) is 0 Å². The van der Waals surface area contributed by atoms with E-state index in [-0.39, 0.29) is 18.0 Å². The zero-order chi connectivity index (χ0) is 19.1. The highest BCUT2D eigenvalue weighted by Gasteiger charge is 2.50. The summed E-state index contributed by atoms with van der Waals surface area (Å²) in [7, 11) is -1.61. The van der Waals surface area contributed by atoms with Gasteiger partial charge in [-0.3, -0.25) is 9.69 Å². The molecule has 0 aliphatic carbocycles. The standard InChI is InChI=1S/C20H23N3O3S/c1-21-14-19(24)23(17-8-4-2-5-9-17)16-20(21)12-13-22(15-20)27(25,26)18-10-6-3-7-11-18/h2-11H,12-16H2,1H3/t20-/m0/s1. The van der Waals surface area contributed by atoms with Gasteiger partial charge in [-0.2, -0.15) is 4.31 Å². The maximum absolute atomic E-state index is 13.0. The van der Waals surface area contributed by atoms with Crippen molar-refractivity contribution >= 4 is 21.6 Å². The quantitative estimate of drug-likeness (QED) is 0.808. The number of hydrogen-bond donors (Lipinski definition) is 0. The maximum atomic E-state index is 13.0. The van der Waals surface area contributed by atoms with E-state index in [1.165, 1.54) is 0 Å². The first kappa shape index (κ1) is 18.2. The van der Waals surface area contributed by atoms with Crippen molar-refractivity contribution in [3.63, 3.8) is 0 Å². The number of hydrogen-bond acceptors (Lipinski definition) is 4. The topological polar surface area (TPSA) is 60.9 Å². The van der Waals surface area contributed by atoms with Gasteiger partial charge in [0.05, 0.1) is 17.0 Å². The number of carbonyl (C=O) groups is 1. The van der Waals surface area contributed by atoms with E-state index in [4.69, 9.17) is 0 Å². The second-order valence-corrected chi connectivity index (χ2v) is 9.24. The highest BCUT2D eigenvalue weighted by atomic mass is 32.2. The number of rotatable bonds is 3. The smallest absolute Gasteiger partial charge is 0.243 e. The summed E-state index contributed by atoms with van der Waals surface area (Å²) in [5.74, 6) is 0.0405. The number of likely N-dealkylation sites (N-methyl/N-ethyl adjacent to an activating group) is 1. The summed E-state index contributed by atoms with van der Waals surface area (Å²) in [5.41, 5.74) is 0.491. The van der Waals surface area contributed by atoms with Gasteiger partial charge in [0.15, 0.2) is 0 Å². The lowest BCUT2D eigenvalue weighted by atomic mass is 9.92. The molecule has 2 aromatic rings. The third kappa shape index (κ3) is 3.16. The Bertz CT molecular complexity index is 933. The number of benzene rings is 2. The molecule has 1 amide bonds. The van der Waals surface area contributed by atoms with Gasteiger partial charge >= 0.3 is 0 Å². The van der Waals surface area contributed by atoms with Crippen LogP contribution in [0, 0.1) is 0 Å². The molecule has 6 nitrogen and oxygen atoms in total. The van der Waals surface area contributed by atoms with Gasteiger partial charge in [0, 0.05) is 25.3 Å². The molecule has 0 radical (unpaired) electrons. The minimum absolute atomic E-state index is 0.0405. The third-order valence-corrected chi connectivity index (χ3v) is 7.54. The van der Waals surface area contributed by atoms with E-state index in [0.717, 1.165) is 5.69 Å². The Kier molecular flexibility index (Phi) is 4.53. The Morgan fingerprint density at radius 1 is 0.926 bits per heavy atom. The van der Waals surface area contributed by atoms with Crippen molar-refractivity contribution in [1.82, 2.24) is 9.21 Å². The number of nitrogens with zero attached hydrogens (tertiary/aromatic N) is 3. The van der Waals surface area contributed by atoms with Crippen LogP contribution < -0.4 is 4.90 Å². The van der Waals surface area contributed by atoms with E-state index >= 15 is 0 Å². The third-order valence-electron chi connectivity index (χ3n) is 5.68. The normalized spacial score (nSPS) is 24.6. The van der Waals surface area contributed by atoms with Crippen molar-refractivity contribution in [3.05, 3.63) is 60.7 Å². The SMILES string of the molecule is CN1CC(=O)N(c2ccccc2)C[C@@]12CCN(S(=O)(=O)c1ccccc1)C2.